The van der Waals surface area contributed by atoms with Crippen molar-refractivity contribution >= 4 is 39.9 Å². The van der Waals surface area contributed by atoms with Crippen molar-refractivity contribution in [2.24, 2.45) is 4.99 Å². The lowest BCUT2D eigenvalue weighted by Crippen LogP contribution is -2.33. The van der Waals surface area contributed by atoms with Gasteiger partial charge in [0.05, 0.1) is 17.7 Å². The summed E-state index contributed by atoms with van der Waals surface area (Å²) < 4.78 is 1.87. The summed E-state index contributed by atoms with van der Waals surface area (Å²) in [5, 5.41) is 12.1. The number of para-hydroxylation sites is 1. The molecule has 27 heavy (non-hydrogen) atoms. The van der Waals surface area contributed by atoms with Crippen LogP contribution in [0.25, 0.3) is 10.9 Å². The highest BCUT2D eigenvalue weighted by Gasteiger charge is 2.35. The van der Waals surface area contributed by atoms with Gasteiger partial charge < -0.3 is 5.11 Å². The van der Waals surface area contributed by atoms with Crippen LogP contribution in [0.1, 0.15) is 24.8 Å². The van der Waals surface area contributed by atoms with Gasteiger partial charge in [0.25, 0.3) is 5.91 Å². The Bertz CT molecular complexity index is 956. The molecule has 0 saturated carbocycles. The van der Waals surface area contributed by atoms with E-state index in [0.717, 1.165) is 24.0 Å². The molecule has 140 valence electrons. The molecule has 0 radical (unpaired) electrons. The zero-order valence-corrected chi connectivity index (χ0v) is 15.9. The number of amides is 1. The van der Waals surface area contributed by atoms with Crippen LogP contribution in [0.4, 0.5) is 0 Å². The third-order valence-corrected chi connectivity index (χ3v) is 5.48. The van der Waals surface area contributed by atoms with Gasteiger partial charge in [0.15, 0.2) is 0 Å². The molecule has 1 aromatic heterocycles. The van der Waals surface area contributed by atoms with Crippen LogP contribution in [0, 0.1) is 0 Å². The zero-order valence-electron chi connectivity index (χ0n) is 15.1. The lowest BCUT2D eigenvalue weighted by Gasteiger charge is -2.27. The van der Waals surface area contributed by atoms with E-state index in [2.05, 4.69) is 16.5 Å². The third kappa shape index (κ3) is 3.07. The van der Waals surface area contributed by atoms with Crippen molar-refractivity contribution < 1.29 is 9.90 Å². The van der Waals surface area contributed by atoms with Crippen LogP contribution in [0.3, 0.4) is 0 Å². The number of benzene rings is 1. The highest BCUT2D eigenvalue weighted by molar-refractivity contribution is 7.80. The molecule has 4 rings (SSSR count). The quantitative estimate of drug-likeness (QED) is 0.638. The van der Waals surface area contributed by atoms with Gasteiger partial charge in [-0.2, -0.15) is 0 Å². The molecule has 0 aliphatic carbocycles. The highest BCUT2D eigenvalue weighted by Crippen LogP contribution is 2.34. The Morgan fingerprint density at radius 3 is 2.70 bits per heavy atom. The molecule has 0 unspecified atom stereocenters. The van der Waals surface area contributed by atoms with E-state index >= 15 is 0 Å². The normalized spacial score (nSPS) is 18.4. The lowest BCUT2D eigenvalue weighted by molar-refractivity contribution is -0.119. The largest absolute Gasteiger partial charge is 0.494 e. The minimum absolute atomic E-state index is 0.0668. The van der Waals surface area contributed by atoms with Crippen LogP contribution in [-0.4, -0.2) is 55.8 Å². The van der Waals surface area contributed by atoms with Crippen molar-refractivity contribution in [3.05, 3.63) is 42.5 Å². The number of rotatable bonds is 5. The first-order chi connectivity index (χ1) is 13.1. The molecule has 0 atom stereocenters. The van der Waals surface area contributed by atoms with E-state index < -0.39 is 0 Å². The number of thiocarbonyl (C=S) groups is 1. The Balaban J connectivity index is 1.79. The van der Waals surface area contributed by atoms with Crippen LogP contribution >= 0.6 is 12.2 Å². The number of carbonyl (C=O) groups is 1. The van der Waals surface area contributed by atoms with Crippen molar-refractivity contribution in [1.82, 2.24) is 14.4 Å². The Kier molecular flexibility index (Phi) is 4.80. The first-order valence-electron chi connectivity index (χ1n) is 9.20. The van der Waals surface area contributed by atoms with Gasteiger partial charge in [0.1, 0.15) is 5.71 Å². The smallest absolute Gasteiger partial charge is 0.279 e. The average Bonchev–Trinajstić information content (AvgIpc) is 3.11. The molecule has 0 bridgehead atoms. The van der Waals surface area contributed by atoms with Crippen LogP contribution in [-0.2, 0) is 11.5 Å². The maximum atomic E-state index is 12.8. The second kappa shape index (κ2) is 7.25. The third-order valence-electron chi connectivity index (χ3n) is 5.17. The summed E-state index contributed by atoms with van der Waals surface area (Å²) in [5.74, 6) is -0.229. The minimum atomic E-state index is -0.295. The van der Waals surface area contributed by atoms with Gasteiger partial charge in [0.2, 0.25) is 11.0 Å². The summed E-state index contributed by atoms with van der Waals surface area (Å²) in [4.78, 5) is 20.9. The molecule has 1 fully saturated rings. The van der Waals surface area contributed by atoms with Gasteiger partial charge in [0, 0.05) is 11.9 Å². The maximum Gasteiger partial charge on any atom is 0.279 e. The van der Waals surface area contributed by atoms with Crippen molar-refractivity contribution in [1.29, 1.82) is 0 Å². The van der Waals surface area contributed by atoms with E-state index in [1.54, 1.807) is 6.08 Å². The number of hydrogen-bond donors (Lipinski definition) is 1. The lowest BCUT2D eigenvalue weighted by atomic mass is 10.1. The SMILES string of the molecule is C=CCN1C(=O)C(c2c(O)n(CN3CCCCC3)c3ccccc23)=NC1=S. The molecule has 2 aliphatic rings. The molecule has 7 heteroatoms. The zero-order chi connectivity index (χ0) is 19.0. The van der Waals surface area contributed by atoms with Gasteiger partial charge in [-0.3, -0.25) is 19.2 Å². The Morgan fingerprint density at radius 1 is 1.22 bits per heavy atom. The Morgan fingerprint density at radius 2 is 1.96 bits per heavy atom. The van der Waals surface area contributed by atoms with Gasteiger partial charge in [-0.25, -0.2) is 4.99 Å². The van der Waals surface area contributed by atoms with Crippen molar-refractivity contribution in [3.8, 4) is 5.88 Å². The van der Waals surface area contributed by atoms with Crippen LogP contribution < -0.4 is 0 Å². The monoisotopic (exact) mass is 382 g/mol. The number of hydrogen-bond acceptors (Lipinski definition) is 4. The Labute approximate surface area is 163 Å². The number of aliphatic imine (C=N–C) groups is 1. The van der Waals surface area contributed by atoms with E-state index in [0.29, 0.717) is 18.8 Å². The molecule has 1 aromatic carbocycles. The van der Waals surface area contributed by atoms with Gasteiger partial charge >= 0.3 is 0 Å². The molecular weight excluding hydrogens is 360 g/mol. The van der Waals surface area contributed by atoms with Gasteiger partial charge in [-0.1, -0.05) is 30.7 Å². The first-order valence-corrected chi connectivity index (χ1v) is 9.61. The average molecular weight is 382 g/mol. The number of piperidine rings is 1. The van der Waals surface area contributed by atoms with E-state index in [-0.39, 0.29) is 22.6 Å². The van der Waals surface area contributed by atoms with Crippen LogP contribution in [0.2, 0.25) is 0 Å². The number of aromatic hydroxyl groups is 1. The standard InChI is InChI=1S/C20H22N4O2S/c1-2-10-23-19(26)17(21-20(23)27)16-14-8-4-5-9-15(14)24(18(16)25)13-22-11-6-3-7-12-22/h2,4-5,8-9,25H,1,3,6-7,10-13H2. The Hall–Kier alpha value is -2.51. The summed E-state index contributed by atoms with van der Waals surface area (Å²) in [7, 11) is 0. The molecule has 1 N–H and O–H groups in total. The van der Waals surface area contributed by atoms with E-state index in [1.807, 2.05) is 28.8 Å². The summed E-state index contributed by atoms with van der Waals surface area (Å²) >= 11 is 5.24. The van der Waals surface area contributed by atoms with Crippen molar-refractivity contribution in [2.45, 2.75) is 25.9 Å². The molecule has 2 aromatic rings. The number of carbonyl (C=O) groups excluding carboxylic acids is 1. The van der Waals surface area contributed by atoms with E-state index in [4.69, 9.17) is 12.2 Å². The molecule has 3 heterocycles. The molecule has 1 amide bonds. The van der Waals surface area contributed by atoms with Gasteiger partial charge in [-0.15, -0.1) is 6.58 Å². The molecule has 0 spiro atoms. The highest BCUT2D eigenvalue weighted by atomic mass is 32.1. The van der Waals surface area contributed by atoms with Crippen LogP contribution in [0.5, 0.6) is 5.88 Å². The molecule has 6 nitrogen and oxygen atoms in total. The molecule has 1 saturated heterocycles. The summed E-state index contributed by atoms with van der Waals surface area (Å²) in [6.07, 6.45) is 5.20. The number of likely N-dealkylation sites (tertiary alicyclic amines) is 1. The number of fused-ring (bicyclic) bond motifs is 1. The topological polar surface area (TPSA) is 61.1 Å². The van der Waals surface area contributed by atoms with Gasteiger partial charge in [-0.05, 0) is 44.2 Å². The van der Waals surface area contributed by atoms with Crippen molar-refractivity contribution in [2.75, 3.05) is 19.6 Å². The second-order valence-electron chi connectivity index (χ2n) is 6.91. The fraction of sp³-hybridized carbons (Fsp3) is 0.350. The maximum absolute atomic E-state index is 12.8. The molecular formula is C20H22N4O2S. The second-order valence-corrected chi connectivity index (χ2v) is 7.28. The van der Waals surface area contributed by atoms with Crippen LogP contribution in [0.15, 0.2) is 41.9 Å². The van der Waals surface area contributed by atoms with Crippen molar-refractivity contribution in [3.63, 3.8) is 0 Å². The summed E-state index contributed by atoms with van der Waals surface area (Å²) in [5.41, 5.74) is 1.55. The van der Waals surface area contributed by atoms with E-state index in [1.165, 1.54) is 24.2 Å². The summed E-state index contributed by atoms with van der Waals surface area (Å²) in [6.45, 7) is 6.58. The first kappa shape index (κ1) is 17.9. The number of aromatic nitrogens is 1. The fourth-order valence-electron chi connectivity index (χ4n) is 3.84. The predicted octanol–water partition coefficient (Wildman–Crippen LogP) is 2.89. The predicted molar refractivity (Wildman–Crippen MR) is 110 cm³/mol. The van der Waals surface area contributed by atoms with E-state index in [9.17, 15) is 9.90 Å². The minimum Gasteiger partial charge on any atom is -0.494 e. The number of nitrogens with zero attached hydrogens (tertiary/aromatic N) is 4. The fourth-order valence-corrected chi connectivity index (χ4v) is 4.09. The summed E-state index contributed by atoms with van der Waals surface area (Å²) in [6, 6.07) is 7.70. The molecule has 2 aliphatic heterocycles.